The lowest BCUT2D eigenvalue weighted by Gasteiger charge is -2.12. The van der Waals surface area contributed by atoms with E-state index in [1.165, 1.54) is 11.1 Å². The van der Waals surface area contributed by atoms with E-state index in [2.05, 4.69) is 46.5 Å². The van der Waals surface area contributed by atoms with E-state index in [9.17, 15) is 0 Å². The van der Waals surface area contributed by atoms with Crippen LogP contribution in [0.2, 0.25) is 0 Å². The van der Waals surface area contributed by atoms with Crippen molar-refractivity contribution in [2.24, 2.45) is 0 Å². The largest absolute Gasteiger partial charge is 0.370 e. The van der Waals surface area contributed by atoms with Gasteiger partial charge in [0.25, 0.3) is 0 Å². The molecule has 3 rings (SSSR count). The van der Waals surface area contributed by atoms with Gasteiger partial charge in [-0.25, -0.2) is 4.98 Å². The van der Waals surface area contributed by atoms with Crippen molar-refractivity contribution < 1.29 is 4.74 Å². The number of aryl methyl sites for hydroxylation is 1. The molecule has 110 valence electrons. The number of anilines is 1. The summed E-state index contributed by atoms with van der Waals surface area (Å²) in [4.78, 5) is 7.67. The maximum atomic E-state index is 5.66. The molecule has 5 heteroatoms. The van der Waals surface area contributed by atoms with E-state index < -0.39 is 0 Å². The molecule has 1 aliphatic heterocycles. The number of aromatic nitrogens is 2. The van der Waals surface area contributed by atoms with Crippen LogP contribution < -0.4 is 5.32 Å². The summed E-state index contributed by atoms with van der Waals surface area (Å²) in [5, 5.41) is 3.37. The Morgan fingerprint density at radius 1 is 1.38 bits per heavy atom. The fourth-order valence-corrected chi connectivity index (χ4v) is 2.64. The molecule has 2 N–H and O–H groups in total. The quantitative estimate of drug-likeness (QED) is 0.841. The molecule has 1 unspecified atom stereocenters. The molecular weight excluding hydrogens is 282 g/mol. The molecule has 21 heavy (non-hydrogen) atoms. The molecule has 2 heterocycles. The molecule has 1 aromatic carbocycles. The molecule has 0 amide bonds. The molecule has 1 aromatic heterocycles. The summed E-state index contributed by atoms with van der Waals surface area (Å²) in [6.45, 7) is 3.64. The van der Waals surface area contributed by atoms with Crippen LogP contribution in [0.4, 0.5) is 5.82 Å². The third-order valence-electron chi connectivity index (χ3n) is 3.60. The normalized spacial score (nSPS) is 17.9. The monoisotopic (exact) mass is 301 g/mol. The van der Waals surface area contributed by atoms with Crippen LogP contribution in [-0.4, -0.2) is 16.6 Å². The second-order valence-electron chi connectivity index (χ2n) is 5.36. The molecule has 2 aromatic rings. The third kappa shape index (κ3) is 3.68. The molecule has 0 saturated carbocycles. The summed E-state index contributed by atoms with van der Waals surface area (Å²) in [5.41, 5.74) is 2.50. The minimum atomic E-state index is 0.0489. The molecule has 1 atom stereocenters. The number of nitrogens with zero attached hydrogens (tertiary/aromatic N) is 1. The van der Waals surface area contributed by atoms with Crippen LogP contribution in [0.3, 0.4) is 0 Å². The van der Waals surface area contributed by atoms with Crippen LogP contribution in [0.5, 0.6) is 0 Å². The first kappa shape index (κ1) is 14.2. The lowest BCUT2D eigenvalue weighted by molar-refractivity contribution is 0.105. The molecule has 0 aliphatic carbocycles. The summed E-state index contributed by atoms with van der Waals surface area (Å²) in [6.07, 6.45) is 2.13. The van der Waals surface area contributed by atoms with Crippen molar-refractivity contribution >= 4 is 18.0 Å². The van der Waals surface area contributed by atoms with E-state index in [0.717, 1.165) is 37.6 Å². The van der Waals surface area contributed by atoms with Crippen LogP contribution in [0, 0.1) is 11.6 Å². The number of H-pyrrole nitrogens is 1. The van der Waals surface area contributed by atoms with Crippen LogP contribution in [0.15, 0.2) is 30.3 Å². The zero-order chi connectivity index (χ0) is 14.7. The second-order valence-corrected chi connectivity index (χ2v) is 5.78. The Balaban J connectivity index is 1.72. The summed E-state index contributed by atoms with van der Waals surface area (Å²) in [5.74, 6) is 1.72. The number of ether oxygens (including phenoxy) is 1. The first-order valence-electron chi connectivity index (χ1n) is 7.23. The zero-order valence-corrected chi connectivity index (χ0v) is 12.9. The van der Waals surface area contributed by atoms with E-state index in [0.29, 0.717) is 4.64 Å². The summed E-state index contributed by atoms with van der Waals surface area (Å²) < 4.78 is 6.25. The fraction of sp³-hybridized carbons (Fsp3) is 0.375. The SMILES string of the molecule is Cc1ccc(CNc2cc(=S)nc(C3CCCO3)[nH]2)cc1. The van der Waals surface area contributed by atoms with Gasteiger partial charge in [-0.1, -0.05) is 42.0 Å². The van der Waals surface area contributed by atoms with Crippen molar-refractivity contribution in [3.63, 3.8) is 0 Å². The Labute approximate surface area is 129 Å². The lowest BCUT2D eigenvalue weighted by atomic mass is 10.1. The van der Waals surface area contributed by atoms with Gasteiger partial charge in [0.1, 0.15) is 22.4 Å². The van der Waals surface area contributed by atoms with Crippen LogP contribution in [-0.2, 0) is 11.3 Å². The first-order chi connectivity index (χ1) is 10.2. The number of benzene rings is 1. The van der Waals surface area contributed by atoms with E-state index in [1.807, 2.05) is 6.07 Å². The van der Waals surface area contributed by atoms with Crippen molar-refractivity contribution in [1.29, 1.82) is 0 Å². The number of hydrogen-bond acceptors (Lipinski definition) is 4. The van der Waals surface area contributed by atoms with Crippen LogP contribution in [0.1, 0.15) is 35.9 Å². The van der Waals surface area contributed by atoms with Gasteiger partial charge in [-0.2, -0.15) is 0 Å². The molecule has 0 radical (unpaired) electrons. The van der Waals surface area contributed by atoms with Gasteiger partial charge in [-0.05, 0) is 25.3 Å². The maximum absolute atomic E-state index is 5.66. The highest BCUT2D eigenvalue weighted by Gasteiger charge is 2.20. The van der Waals surface area contributed by atoms with Gasteiger partial charge in [0.05, 0.1) is 0 Å². The van der Waals surface area contributed by atoms with Gasteiger partial charge in [0.15, 0.2) is 0 Å². The lowest BCUT2D eigenvalue weighted by Crippen LogP contribution is -2.07. The molecule has 4 nitrogen and oxygen atoms in total. The predicted octanol–water partition coefficient (Wildman–Crippen LogP) is 3.91. The summed E-state index contributed by atoms with van der Waals surface area (Å²) in [7, 11) is 0. The van der Waals surface area contributed by atoms with Gasteiger partial charge in [0.2, 0.25) is 0 Å². The van der Waals surface area contributed by atoms with E-state index in [-0.39, 0.29) is 6.10 Å². The molecular formula is C16H19N3OS. The van der Waals surface area contributed by atoms with E-state index in [1.54, 1.807) is 0 Å². The number of aromatic amines is 1. The van der Waals surface area contributed by atoms with Crippen molar-refractivity contribution in [2.45, 2.75) is 32.4 Å². The van der Waals surface area contributed by atoms with Gasteiger partial charge >= 0.3 is 0 Å². The molecule has 1 saturated heterocycles. The standard InChI is InChI=1S/C16H19N3OS/c1-11-4-6-12(7-5-11)10-17-14-9-15(21)19-16(18-14)13-3-2-8-20-13/h4-7,9,13H,2-3,8,10H2,1H3,(H2,17,18,19,21). The highest BCUT2D eigenvalue weighted by atomic mass is 32.1. The van der Waals surface area contributed by atoms with Gasteiger partial charge in [0, 0.05) is 19.2 Å². The highest BCUT2D eigenvalue weighted by molar-refractivity contribution is 7.71. The maximum Gasteiger partial charge on any atom is 0.138 e. The first-order valence-corrected chi connectivity index (χ1v) is 7.64. The number of rotatable bonds is 4. The van der Waals surface area contributed by atoms with Gasteiger partial charge < -0.3 is 15.0 Å². The van der Waals surface area contributed by atoms with Crippen molar-refractivity contribution in [3.05, 3.63) is 51.9 Å². The van der Waals surface area contributed by atoms with Gasteiger partial charge in [-0.3, -0.25) is 0 Å². The molecule has 1 aliphatic rings. The summed E-state index contributed by atoms with van der Waals surface area (Å²) >= 11 is 5.24. The zero-order valence-electron chi connectivity index (χ0n) is 12.1. The minimum absolute atomic E-state index is 0.0489. The Kier molecular flexibility index (Phi) is 4.31. The van der Waals surface area contributed by atoms with Crippen LogP contribution in [0.25, 0.3) is 0 Å². The average Bonchev–Trinajstić information content (AvgIpc) is 3.00. The Morgan fingerprint density at radius 2 is 2.19 bits per heavy atom. The van der Waals surface area contributed by atoms with Crippen molar-refractivity contribution in [2.75, 3.05) is 11.9 Å². The van der Waals surface area contributed by atoms with E-state index >= 15 is 0 Å². The smallest absolute Gasteiger partial charge is 0.138 e. The van der Waals surface area contributed by atoms with E-state index in [4.69, 9.17) is 17.0 Å². The number of hydrogen-bond donors (Lipinski definition) is 2. The Morgan fingerprint density at radius 3 is 2.90 bits per heavy atom. The summed E-state index contributed by atoms with van der Waals surface area (Å²) in [6, 6.07) is 10.3. The molecule has 1 fully saturated rings. The highest BCUT2D eigenvalue weighted by Crippen LogP contribution is 2.26. The average molecular weight is 301 g/mol. The Hall–Kier alpha value is -1.72. The van der Waals surface area contributed by atoms with Crippen molar-refractivity contribution in [1.82, 2.24) is 9.97 Å². The van der Waals surface area contributed by atoms with Crippen molar-refractivity contribution in [3.8, 4) is 0 Å². The van der Waals surface area contributed by atoms with Crippen LogP contribution >= 0.6 is 12.2 Å². The Bertz CT molecular complexity index is 660. The second kappa shape index (κ2) is 6.37. The predicted molar refractivity (Wildman–Crippen MR) is 85.9 cm³/mol. The minimum Gasteiger partial charge on any atom is -0.370 e. The molecule has 0 spiro atoms. The molecule has 0 bridgehead atoms. The van der Waals surface area contributed by atoms with Gasteiger partial charge in [-0.15, -0.1) is 0 Å². The topological polar surface area (TPSA) is 49.9 Å². The fourth-order valence-electron chi connectivity index (χ4n) is 2.42. The third-order valence-corrected chi connectivity index (χ3v) is 3.81. The number of nitrogens with one attached hydrogen (secondary N) is 2.